The summed E-state index contributed by atoms with van der Waals surface area (Å²) >= 11 is 3.10. The summed E-state index contributed by atoms with van der Waals surface area (Å²) in [7, 11) is 0. The average molecular weight is 281 g/mol. The summed E-state index contributed by atoms with van der Waals surface area (Å²) in [5.74, 6) is 0.442. The molecule has 0 aliphatic heterocycles. The minimum absolute atomic E-state index is 0.0349. The van der Waals surface area contributed by atoms with Crippen LogP contribution >= 0.6 is 23.1 Å². The predicted molar refractivity (Wildman–Crippen MR) is 77.0 cm³/mol. The fourth-order valence-electron chi connectivity index (χ4n) is 1.42. The van der Waals surface area contributed by atoms with Crippen molar-refractivity contribution in [3.05, 3.63) is 24.3 Å². The predicted octanol–water partition coefficient (Wildman–Crippen LogP) is 1.85. The van der Waals surface area contributed by atoms with Crippen LogP contribution < -0.4 is 11.1 Å². The molecule has 0 atom stereocenters. The molecule has 2 rings (SSSR count). The highest BCUT2D eigenvalue weighted by atomic mass is 32.2. The van der Waals surface area contributed by atoms with Gasteiger partial charge in [0.2, 0.25) is 5.91 Å². The molecular weight excluding hydrogens is 266 g/mol. The summed E-state index contributed by atoms with van der Waals surface area (Å²) in [6, 6.07) is 7.99. The molecule has 1 amide bonds. The molecule has 0 aliphatic rings. The molecular formula is C12H15N3OS2. The smallest absolute Gasteiger partial charge is 0.230 e. The Kier molecular flexibility index (Phi) is 4.98. The van der Waals surface area contributed by atoms with E-state index >= 15 is 0 Å². The first-order valence-electron chi connectivity index (χ1n) is 5.75. The van der Waals surface area contributed by atoms with Crippen molar-refractivity contribution < 1.29 is 4.79 Å². The number of fused-ring (bicyclic) bond motifs is 1. The number of benzene rings is 1. The molecule has 18 heavy (non-hydrogen) atoms. The van der Waals surface area contributed by atoms with Gasteiger partial charge < -0.3 is 11.1 Å². The SMILES string of the molecule is NCCCNC(=O)CSc1nc2ccccc2s1. The van der Waals surface area contributed by atoms with Gasteiger partial charge in [0.1, 0.15) is 0 Å². The van der Waals surface area contributed by atoms with E-state index in [4.69, 9.17) is 5.73 Å². The standard InChI is InChI=1S/C12H15N3OS2/c13-6-3-7-14-11(16)8-17-12-15-9-4-1-2-5-10(9)18-12/h1-2,4-5H,3,6-8,13H2,(H,14,16). The van der Waals surface area contributed by atoms with Gasteiger partial charge in [0.15, 0.2) is 4.34 Å². The number of hydrogen-bond donors (Lipinski definition) is 2. The highest BCUT2D eigenvalue weighted by Crippen LogP contribution is 2.28. The van der Waals surface area contributed by atoms with Gasteiger partial charge in [-0.3, -0.25) is 4.79 Å². The first-order valence-corrected chi connectivity index (χ1v) is 7.55. The maximum absolute atomic E-state index is 11.5. The molecule has 3 N–H and O–H groups in total. The van der Waals surface area contributed by atoms with Crippen LogP contribution in [0.15, 0.2) is 28.6 Å². The summed E-state index contributed by atoms with van der Waals surface area (Å²) < 4.78 is 2.09. The molecule has 2 aromatic rings. The van der Waals surface area contributed by atoms with Crippen LogP contribution in [0.3, 0.4) is 0 Å². The number of thioether (sulfide) groups is 1. The molecule has 0 aliphatic carbocycles. The van der Waals surface area contributed by atoms with E-state index in [1.54, 1.807) is 11.3 Å². The summed E-state index contributed by atoms with van der Waals surface area (Å²) in [4.78, 5) is 16.0. The minimum Gasteiger partial charge on any atom is -0.355 e. The van der Waals surface area contributed by atoms with E-state index in [0.29, 0.717) is 18.8 Å². The molecule has 1 aromatic heterocycles. The molecule has 0 fully saturated rings. The first-order chi connectivity index (χ1) is 8.79. The lowest BCUT2D eigenvalue weighted by Crippen LogP contribution is -2.27. The Morgan fingerprint density at radius 1 is 1.44 bits per heavy atom. The number of thiazole rings is 1. The van der Waals surface area contributed by atoms with Crippen molar-refractivity contribution in [1.82, 2.24) is 10.3 Å². The highest BCUT2D eigenvalue weighted by molar-refractivity contribution is 8.01. The van der Waals surface area contributed by atoms with Crippen molar-refractivity contribution >= 4 is 39.2 Å². The van der Waals surface area contributed by atoms with E-state index < -0.39 is 0 Å². The maximum atomic E-state index is 11.5. The number of aromatic nitrogens is 1. The van der Waals surface area contributed by atoms with Crippen LogP contribution in [-0.2, 0) is 4.79 Å². The van der Waals surface area contributed by atoms with Gasteiger partial charge in [0, 0.05) is 6.54 Å². The van der Waals surface area contributed by atoms with E-state index in [1.807, 2.05) is 24.3 Å². The van der Waals surface area contributed by atoms with Crippen LogP contribution in [0.5, 0.6) is 0 Å². The third-order valence-electron chi connectivity index (χ3n) is 2.30. The molecule has 1 aromatic carbocycles. The Morgan fingerprint density at radius 3 is 3.06 bits per heavy atom. The van der Waals surface area contributed by atoms with E-state index in [2.05, 4.69) is 10.3 Å². The van der Waals surface area contributed by atoms with Crippen LogP contribution in [0.25, 0.3) is 10.2 Å². The zero-order chi connectivity index (χ0) is 12.8. The number of nitrogens with one attached hydrogen (secondary N) is 1. The number of amides is 1. The van der Waals surface area contributed by atoms with Gasteiger partial charge in [-0.1, -0.05) is 23.9 Å². The minimum atomic E-state index is 0.0349. The number of para-hydroxylation sites is 1. The Balaban J connectivity index is 1.84. The summed E-state index contributed by atoms with van der Waals surface area (Å²) in [6.45, 7) is 1.25. The summed E-state index contributed by atoms with van der Waals surface area (Å²) in [5, 5.41) is 2.82. The van der Waals surface area contributed by atoms with Crippen molar-refractivity contribution in [2.75, 3.05) is 18.8 Å². The van der Waals surface area contributed by atoms with Gasteiger partial charge in [-0.2, -0.15) is 0 Å². The number of rotatable bonds is 6. The molecule has 0 saturated heterocycles. The zero-order valence-electron chi connectivity index (χ0n) is 9.89. The number of carbonyl (C=O) groups excluding carboxylic acids is 1. The lowest BCUT2D eigenvalue weighted by atomic mass is 10.3. The normalized spacial score (nSPS) is 10.7. The number of hydrogen-bond acceptors (Lipinski definition) is 5. The zero-order valence-corrected chi connectivity index (χ0v) is 11.5. The van der Waals surface area contributed by atoms with Gasteiger partial charge in [-0.15, -0.1) is 11.3 Å². The lowest BCUT2D eigenvalue weighted by Gasteiger charge is -2.02. The molecule has 1 heterocycles. The quantitative estimate of drug-likeness (QED) is 0.626. The Bertz CT molecular complexity index is 494. The molecule has 0 radical (unpaired) electrons. The first kappa shape index (κ1) is 13.3. The van der Waals surface area contributed by atoms with Crippen molar-refractivity contribution in [3.63, 3.8) is 0 Å². The largest absolute Gasteiger partial charge is 0.355 e. The molecule has 0 unspecified atom stereocenters. The lowest BCUT2D eigenvalue weighted by molar-refractivity contribution is -0.118. The second-order valence-electron chi connectivity index (χ2n) is 3.73. The van der Waals surface area contributed by atoms with Gasteiger partial charge >= 0.3 is 0 Å². The van der Waals surface area contributed by atoms with Crippen molar-refractivity contribution in [1.29, 1.82) is 0 Å². The summed E-state index contributed by atoms with van der Waals surface area (Å²) in [5.41, 5.74) is 6.35. The Hall–Kier alpha value is -1.11. The van der Waals surface area contributed by atoms with Crippen LogP contribution in [0, 0.1) is 0 Å². The Morgan fingerprint density at radius 2 is 2.28 bits per heavy atom. The number of carbonyl (C=O) groups is 1. The van der Waals surface area contributed by atoms with Gasteiger partial charge in [0.05, 0.1) is 16.0 Å². The van der Waals surface area contributed by atoms with Crippen LogP contribution in [0.2, 0.25) is 0 Å². The van der Waals surface area contributed by atoms with E-state index in [-0.39, 0.29) is 5.91 Å². The number of nitrogens with zero attached hydrogens (tertiary/aromatic N) is 1. The van der Waals surface area contributed by atoms with Gasteiger partial charge in [-0.05, 0) is 25.1 Å². The van der Waals surface area contributed by atoms with E-state index in [1.165, 1.54) is 11.8 Å². The van der Waals surface area contributed by atoms with Gasteiger partial charge in [-0.25, -0.2) is 4.98 Å². The average Bonchev–Trinajstić information content (AvgIpc) is 2.79. The molecule has 4 nitrogen and oxygen atoms in total. The third kappa shape index (κ3) is 3.69. The fourth-order valence-corrected chi connectivity index (χ4v) is 3.32. The van der Waals surface area contributed by atoms with Crippen molar-refractivity contribution in [2.45, 2.75) is 10.8 Å². The van der Waals surface area contributed by atoms with Crippen LogP contribution in [0.1, 0.15) is 6.42 Å². The second kappa shape index (κ2) is 6.72. The monoisotopic (exact) mass is 281 g/mol. The molecule has 0 bridgehead atoms. The van der Waals surface area contributed by atoms with Crippen molar-refractivity contribution in [2.24, 2.45) is 5.73 Å². The number of nitrogens with two attached hydrogens (primary N) is 1. The summed E-state index contributed by atoms with van der Waals surface area (Å²) in [6.07, 6.45) is 0.817. The molecule has 0 spiro atoms. The van der Waals surface area contributed by atoms with Gasteiger partial charge in [0.25, 0.3) is 0 Å². The highest BCUT2D eigenvalue weighted by Gasteiger charge is 2.06. The van der Waals surface area contributed by atoms with E-state index in [0.717, 1.165) is 21.0 Å². The van der Waals surface area contributed by atoms with Crippen molar-refractivity contribution in [3.8, 4) is 0 Å². The van der Waals surface area contributed by atoms with Crippen LogP contribution in [-0.4, -0.2) is 29.7 Å². The third-order valence-corrected chi connectivity index (χ3v) is 4.48. The Labute approximate surface area is 114 Å². The van der Waals surface area contributed by atoms with Crippen LogP contribution in [0.4, 0.5) is 0 Å². The molecule has 6 heteroatoms. The van der Waals surface area contributed by atoms with E-state index in [9.17, 15) is 4.79 Å². The second-order valence-corrected chi connectivity index (χ2v) is 5.98. The fraction of sp³-hybridized carbons (Fsp3) is 0.333. The molecule has 0 saturated carbocycles. The maximum Gasteiger partial charge on any atom is 0.230 e. The topological polar surface area (TPSA) is 68.0 Å². The molecule has 96 valence electrons.